The standard InChI is InChI=1S/C17H18ClF2N3O3/c18-13-3-1-2-12(21-13)15(25)22-5-11-6-26-10-16(11,7-22)4-14(24)23-8-17(19,20)9-23/h1-3,11H,4-10H2/t11-,16+/m1/s1. The van der Waals surface area contributed by atoms with Gasteiger partial charge < -0.3 is 14.5 Å². The molecule has 1 aromatic heterocycles. The molecule has 0 unspecified atom stereocenters. The van der Waals surface area contributed by atoms with Crippen molar-refractivity contribution in [3.8, 4) is 0 Å². The van der Waals surface area contributed by atoms with Crippen molar-refractivity contribution in [3.63, 3.8) is 0 Å². The largest absolute Gasteiger partial charge is 0.380 e. The van der Waals surface area contributed by atoms with E-state index < -0.39 is 24.4 Å². The minimum absolute atomic E-state index is 0.0105. The van der Waals surface area contributed by atoms with Crippen LogP contribution in [0.1, 0.15) is 16.9 Å². The topological polar surface area (TPSA) is 62.7 Å². The second kappa shape index (κ2) is 6.13. The second-order valence-electron chi connectivity index (χ2n) is 7.39. The van der Waals surface area contributed by atoms with Gasteiger partial charge in [-0.1, -0.05) is 17.7 Å². The highest BCUT2D eigenvalue weighted by Crippen LogP contribution is 2.45. The summed E-state index contributed by atoms with van der Waals surface area (Å²) in [4.78, 5) is 32.0. The third-order valence-electron chi connectivity index (χ3n) is 5.44. The molecule has 140 valence electrons. The predicted molar refractivity (Wildman–Crippen MR) is 88.0 cm³/mol. The summed E-state index contributed by atoms with van der Waals surface area (Å²) >= 11 is 5.85. The minimum atomic E-state index is -2.78. The monoisotopic (exact) mass is 385 g/mol. The molecule has 0 aromatic carbocycles. The number of ether oxygens (including phenoxy) is 1. The van der Waals surface area contributed by atoms with Gasteiger partial charge in [0.25, 0.3) is 11.8 Å². The number of nitrogens with zero attached hydrogens (tertiary/aromatic N) is 3. The number of rotatable bonds is 3. The van der Waals surface area contributed by atoms with Crippen molar-refractivity contribution in [2.24, 2.45) is 11.3 Å². The number of pyridine rings is 1. The van der Waals surface area contributed by atoms with E-state index in [1.165, 1.54) is 4.90 Å². The molecule has 0 saturated carbocycles. The van der Waals surface area contributed by atoms with Crippen LogP contribution in [0.4, 0.5) is 8.78 Å². The zero-order chi connectivity index (χ0) is 18.5. The van der Waals surface area contributed by atoms with Crippen LogP contribution in [-0.2, 0) is 9.53 Å². The van der Waals surface area contributed by atoms with Crippen molar-refractivity contribution >= 4 is 23.4 Å². The van der Waals surface area contributed by atoms with E-state index in [2.05, 4.69) is 4.98 Å². The van der Waals surface area contributed by atoms with Crippen LogP contribution in [0, 0.1) is 11.3 Å². The van der Waals surface area contributed by atoms with Crippen LogP contribution >= 0.6 is 11.6 Å². The Kier molecular flexibility index (Phi) is 4.15. The first-order valence-electron chi connectivity index (χ1n) is 8.43. The lowest BCUT2D eigenvalue weighted by Gasteiger charge is -2.40. The Bertz CT molecular complexity index is 755. The maximum Gasteiger partial charge on any atom is 0.282 e. The lowest BCUT2D eigenvalue weighted by atomic mass is 9.77. The molecule has 3 aliphatic heterocycles. The van der Waals surface area contributed by atoms with Gasteiger partial charge in [0.15, 0.2) is 0 Å². The molecule has 4 heterocycles. The fraction of sp³-hybridized carbons (Fsp3) is 0.588. The average Bonchev–Trinajstić information content (AvgIpc) is 3.08. The maximum absolute atomic E-state index is 13.0. The summed E-state index contributed by atoms with van der Waals surface area (Å²) in [5.74, 6) is -3.32. The van der Waals surface area contributed by atoms with Crippen molar-refractivity contribution < 1.29 is 23.1 Å². The van der Waals surface area contributed by atoms with Gasteiger partial charge >= 0.3 is 0 Å². The van der Waals surface area contributed by atoms with Crippen molar-refractivity contribution in [3.05, 3.63) is 29.0 Å². The number of hydrogen-bond donors (Lipinski definition) is 0. The molecule has 2 amide bonds. The molecule has 0 N–H and O–H groups in total. The Morgan fingerprint density at radius 3 is 2.73 bits per heavy atom. The van der Waals surface area contributed by atoms with Gasteiger partial charge in [0, 0.05) is 30.8 Å². The molecule has 1 aromatic rings. The Morgan fingerprint density at radius 2 is 2.04 bits per heavy atom. The number of likely N-dealkylation sites (tertiary alicyclic amines) is 2. The average molecular weight is 386 g/mol. The number of alkyl halides is 2. The highest BCUT2D eigenvalue weighted by molar-refractivity contribution is 6.29. The van der Waals surface area contributed by atoms with Gasteiger partial charge in [0.1, 0.15) is 10.8 Å². The van der Waals surface area contributed by atoms with Crippen molar-refractivity contribution in [1.82, 2.24) is 14.8 Å². The number of amides is 2. The molecule has 9 heteroatoms. The van der Waals surface area contributed by atoms with Crippen LogP contribution in [0.2, 0.25) is 5.15 Å². The lowest BCUT2D eigenvalue weighted by molar-refractivity contribution is -0.168. The predicted octanol–water partition coefficient (Wildman–Crippen LogP) is 1.69. The minimum Gasteiger partial charge on any atom is -0.380 e. The fourth-order valence-electron chi connectivity index (χ4n) is 4.03. The summed E-state index contributed by atoms with van der Waals surface area (Å²) in [7, 11) is 0. The summed E-state index contributed by atoms with van der Waals surface area (Å²) in [6.45, 7) is 0.554. The summed E-state index contributed by atoms with van der Waals surface area (Å²) in [5, 5.41) is 0.238. The van der Waals surface area contributed by atoms with Crippen molar-refractivity contribution in [2.45, 2.75) is 12.3 Å². The molecule has 4 rings (SSSR count). The molecule has 6 nitrogen and oxygen atoms in total. The first kappa shape index (κ1) is 17.6. The number of halogens is 3. The molecule has 3 aliphatic rings. The molecule has 0 spiro atoms. The SMILES string of the molecule is O=C(C[C@]12COC[C@H]1CN(C(=O)c1cccc(Cl)n1)C2)N1CC(F)(F)C1. The van der Waals surface area contributed by atoms with Crippen molar-refractivity contribution in [2.75, 3.05) is 39.4 Å². The normalized spacial score (nSPS) is 29.4. The Morgan fingerprint density at radius 1 is 1.27 bits per heavy atom. The molecule has 26 heavy (non-hydrogen) atoms. The number of carbonyl (C=O) groups excluding carboxylic acids is 2. The molecule has 0 bridgehead atoms. The Labute approximate surface area is 154 Å². The van der Waals surface area contributed by atoms with Crippen LogP contribution in [0.15, 0.2) is 18.2 Å². The van der Waals surface area contributed by atoms with Gasteiger partial charge in [-0.3, -0.25) is 9.59 Å². The van der Waals surface area contributed by atoms with Crippen LogP contribution < -0.4 is 0 Å². The number of carbonyl (C=O) groups is 2. The zero-order valence-electron chi connectivity index (χ0n) is 14.0. The summed E-state index contributed by atoms with van der Waals surface area (Å²) in [6, 6.07) is 4.85. The third-order valence-corrected chi connectivity index (χ3v) is 5.65. The molecular weight excluding hydrogens is 368 g/mol. The van der Waals surface area contributed by atoms with E-state index in [0.29, 0.717) is 26.3 Å². The molecule has 2 atom stereocenters. The first-order valence-corrected chi connectivity index (χ1v) is 8.81. The number of aromatic nitrogens is 1. The molecule has 3 fully saturated rings. The van der Waals surface area contributed by atoms with Gasteiger partial charge in [0.05, 0.1) is 26.3 Å². The number of fused-ring (bicyclic) bond motifs is 1. The van der Waals surface area contributed by atoms with Gasteiger partial charge in [-0.25, -0.2) is 13.8 Å². The van der Waals surface area contributed by atoms with E-state index >= 15 is 0 Å². The van der Waals surface area contributed by atoms with E-state index in [1.54, 1.807) is 23.1 Å². The van der Waals surface area contributed by atoms with Crippen LogP contribution in [0.25, 0.3) is 0 Å². The molecule has 0 aliphatic carbocycles. The van der Waals surface area contributed by atoms with Crippen LogP contribution in [0.3, 0.4) is 0 Å². The zero-order valence-corrected chi connectivity index (χ0v) is 14.7. The maximum atomic E-state index is 13.0. The van der Waals surface area contributed by atoms with E-state index in [0.717, 1.165) is 0 Å². The van der Waals surface area contributed by atoms with Crippen LogP contribution in [-0.4, -0.2) is 71.9 Å². The van der Waals surface area contributed by atoms with E-state index in [4.69, 9.17) is 16.3 Å². The Balaban J connectivity index is 1.46. The quantitative estimate of drug-likeness (QED) is 0.743. The third kappa shape index (κ3) is 3.05. The summed E-state index contributed by atoms with van der Waals surface area (Å²) < 4.78 is 31.6. The van der Waals surface area contributed by atoms with Gasteiger partial charge in [0.2, 0.25) is 5.91 Å². The van der Waals surface area contributed by atoms with Gasteiger partial charge in [-0.05, 0) is 12.1 Å². The Hall–Kier alpha value is -1.80. The molecular formula is C17H18ClF2N3O3. The summed E-state index contributed by atoms with van der Waals surface area (Å²) in [5.41, 5.74) is -0.266. The van der Waals surface area contributed by atoms with E-state index in [-0.39, 0.29) is 35.0 Å². The van der Waals surface area contributed by atoms with E-state index in [9.17, 15) is 18.4 Å². The highest BCUT2D eigenvalue weighted by atomic mass is 35.5. The molecule has 3 saturated heterocycles. The highest BCUT2D eigenvalue weighted by Gasteiger charge is 2.55. The van der Waals surface area contributed by atoms with Gasteiger partial charge in [-0.15, -0.1) is 0 Å². The second-order valence-corrected chi connectivity index (χ2v) is 7.78. The summed E-state index contributed by atoms with van der Waals surface area (Å²) in [6.07, 6.45) is 0.112. The number of hydrogen-bond acceptors (Lipinski definition) is 4. The fourth-order valence-corrected chi connectivity index (χ4v) is 4.19. The molecule has 0 radical (unpaired) electrons. The van der Waals surface area contributed by atoms with E-state index in [1.807, 2.05) is 0 Å². The van der Waals surface area contributed by atoms with Crippen molar-refractivity contribution in [1.29, 1.82) is 0 Å². The van der Waals surface area contributed by atoms with Crippen LogP contribution in [0.5, 0.6) is 0 Å². The first-order chi connectivity index (χ1) is 12.3. The smallest absolute Gasteiger partial charge is 0.282 e. The lowest BCUT2D eigenvalue weighted by Crippen LogP contribution is -2.59. The van der Waals surface area contributed by atoms with Gasteiger partial charge in [-0.2, -0.15) is 0 Å².